The van der Waals surface area contributed by atoms with Gasteiger partial charge in [-0.2, -0.15) is 0 Å². The third-order valence-electron chi connectivity index (χ3n) is 3.18. The van der Waals surface area contributed by atoms with Crippen molar-refractivity contribution in [2.24, 2.45) is 0 Å². The molecule has 3 aromatic carbocycles. The highest BCUT2D eigenvalue weighted by atomic mass is 35.5. The molecule has 0 N–H and O–H groups in total. The zero-order valence-electron chi connectivity index (χ0n) is 10.6. The highest BCUT2D eigenvalue weighted by molar-refractivity contribution is 6.31. The molecule has 0 atom stereocenters. The Morgan fingerprint density at radius 3 is 2.50 bits per heavy atom. The van der Waals surface area contributed by atoms with Gasteiger partial charge in [0.25, 0.3) is 0 Å². The Morgan fingerprint density at radius 2 is 1.65 bits per heavy atom. The third-order valence-corrected chi connectivity index (χ3v) is 3.54. The van der Waals surface area contributed by atoms with Crippen molar-refractivity contribution in [3.05, 3.63) is 77.1 Å². The summed E-state index contributed by atoms with van der Waals surface area (Å²) >= 11 is 5.99. The van der Waals surface area contributed by atoms with Gasteiger partial charge in [-0.05, 0) is 23.6 Å². The van der Waals surface area contributed by atoms with E-state index >= 15 is 0 Å². The SMILES string of the molecule is Fc1cccc(Cl)c1COc1cccc2ccccc12. The Bertz CT molecular complexity index is 729. The molecule has 0 amide bonds. The number of ether oxygens (including phenoxy) is 1. The topological polar surface area (TPSA) is 9.23 Å². The molecule has 0 aliphatic heterocycles. The van der Waals surface area contributed by atoms with Crippen LogP contribution in [0, 0.1) is 5.82 Å². The van der Waals surface area contributed by atoms with E-state index in [-0.39, 0.29) is 12.4 Å². The normalized spacial score (nSPS) is 10.7. The molecule has 0 aliphatic carbocycles. The van der Waals surface area contributed by atoms with Crippen LogP contribution >= 0.6 is 11.6 Å². The molecule has 0 saturated heterocycles. The molecule has 1 nitrogen and oxygen atoms in total. The van der Waals surface area contributed by atoms with Crippen LogP contribution in [-0.4, -0.2) is 0 Å². The molecule has 0 unspecified atom stereocenters. The maximum Gasteiger partial charge on any atom is 0.131 e. The molecule has 0 heterocycles. The van der Waals surface area contributed by atoms with Crippen LogP contribution in [0.5, 0.6) is 5.75 Å². The molecule has 3 rings (SSSR count). The summed E-state index contributed by atoms with van der Waals surface area (Å²) in [5, 5.41) is 2.47. The van der Waals surface area contributed by atoms with Crippen molar-refractivity contribution in [1.82, 2.24) is 0 Å². The quantitative estimate of drug-likeness (QED) is 0.642. The lowest BCUT2D eigenvalue weighted by molar-refractivity contribution is 0.303. The minimum Gasteiger partial charge on any atom is -0.488 e. The fourth-order valence-corrected chi connectivity index (χ4v) is 2.36. The average Bonchev–Trinajstić information content (AvgIpc) is 2.47. The summed E-state index contributed by atoms with van der Waals surface area (Å²) < 4.78 is 19.4. The molecule has 0 saturated carbocycles. The second-order valence-electron chi connectivity index (χ2n) is 4.47. The van der Waals surface area contributed by atoms with Crippen LogP contribution in [0.3, 0.4) is 0 Å². The van der Waals surface area contributed by atoms with Crippen LogP contribution < -0.4 is 4.74 Å². The van der Waals surface area contributed by atoms with Gasteiger partial charge < -0.3 is 4.74 Å². The molecule has 0 aromatic heterocycles. The summed E-state index contributed by atoms with van der Waals surface area (Å²) in [4.78, 5) is 0. The first-order valence-electron chi connectivity index (χ1n) is 6.29. The average molecular weight is 287 g/mol. The predicted octanol–water partition coefficient (Wildman–Crippen LogP) is 5.21. The lowest BCUT2D eigenvalue weighted by Gasteiger charge is -2.11. The first-order valence-corrected chi connectivity index (χ1v) is 6.67. The summed E-state index contributed by atoms with van der Waals surface area (Å²) in [6, 6.07) is 18.3. The molecule has 3 heteroatoms. The number of fused-ring (bicyclic) bond motifs is 1. The van der Waals surface area contributed by atoms with E-state index in [1.54, 1.807) is 12.1 Å². The number of benzene rings is 3. The zero-order chi connectivity index (χ0) is 13.9. The van der Waals surface area contributed by atoms with Gasteiger partial charge in [0.1, 0.15) is 18.2 Å². The molecular weight excluding hydrogens is 275 g/mol. The highest BCUT2D eigenvalue weighted by Gasteiger charge is 2.08. The van der Waals surface area contributed by atoms with E-state index in [9.17, 15) is 4.39 Å². The van der Waals surface area contributed by atoms with E-state index in [0.717, 1.165) is 16.5 Å². The van der Waals surface area contributed by atoms with Gasteiger partial charge in [0, 0.05) is 10.9 Å². The summed E-state index contributed by atoms with van der Waals surface area (Å²) in [5.41, 5.74) is 0.377. The fraction of sp³-hybridized carbons (Fsp3) is 0.0588. The van der Waals surface area contributed by atoms with Crippen molar-refractivity contribution in [3.8, 4) is 5.75 Å². The number of hydrogen-bond acceptors (Lipinski definition) is 1. The molecule has 0 radical (unpaired) electrons. The lowest BCUT2D eigenvalue weighted by Crippen LogP contribution is -1.99. The van der Waals surface area contributed by atoms with Gasteiger partial charge in [-0.1, -0.05) is 54.1 Å². The third kappa shape index (κ3) is 2.47. The van der Waals surface area contributed by atoms with E-state index in [2.05, 4.69) is 0 Å². The van der Waals surface area contributed by atoms with E-state index in [1.807, 2.05) is 42.5 Å². The van der Waals surface area contributed by atoms with Crippen LogP contribution in [0.1, 0.15) is 5.56 Å². The molecule has 3 aromatic rings. The maximum atomic E-state index is 13.7. The van der Waals surface area contributed by atoms with Crippen LogP contribution in [0.15, 0.2) is 60.7 Å². The van der Waals surface area contributed by atoms with Crippen molar-refractivity contribution in [2.45, 2.75) is 6.61 Å². The first-order chi connectivity index (χ1) is 9.75. The smallest absolute Gasteiger partial charge is 0.131 e. The van der Waals surface area contributed by atoms with Crippen molar-refractivity contribution >= 4 is 22.4 Å². The zero-order valence-corrected chi connectivity index (χ0v) is 11.4. The maximum absolute atomic E-state index is 13.7. The Labute approximate surface area is 121 Å². The van der Waals surface area contributed by atoms with Gasteiger partial charge in [-0.15, -0.1) is 0 Å². The minimum absolute atomic E-state index is 0.111. The van der Waals surface area contributed by atoms with Crippen LogP contribution in [0.25, 0.3) is 10.8 Å². The number of rotatable bonds is 3. The van der Waals surface area contributed by atoms with Crippen molar-refractivity contribution in [3.63, 3.8) is 0 Å². The second kappa shape index (κ2) is 5.51. The van der Waals surface area contributed by atoms with Gasteiger partial charge in [0.2, 0.25) is 0 Å². The Hall–Kier alpha value is -2.06. The summed E-state index contributed by atoms with van der Waals surface area (Å²) in [6.45, 7) is 0.111. The second-order valence-corrected chi connectivity index (χ2v) is 4.87. The van der Waals surface area contributed by atoms with Gasteiger partial charge in [-0.25, -0.2) is 4.39 Å². The molecule has 0 aliphatic rings. The van der Waals surface area contributed by atoms with Gasteiger partial charge in [0.15, 0.2) is 0 Å². The van der Waals surface area contributed by atoms with Crippen LogP contribution in [0.4, 0.5) is 4.39 Å². The van der Waals surface area contributed by atoms with Crippen molar-refractivity contribution in [1.29, 1.82) is 0 Å². The summed E-state index contributed by atoms with van der Waals surface area (Å²) in [5.74, 6) is 0.375. The standard InChI is InChI=1S/C17H12ClFO/c18-15-8-4-9-16(19)14(15)11-20-17-10-3-6-12-5-1-2-7-13(12)17/h1-10H,11H2. The Kier molecular flexibility index (Phi) is 3.57. The molecular formula is C17H12ClFO. The molecule has 100 valence electrons. The summed E-state index contributed by atoms with van der Waals surface area (Å²) in [6.07, 6.45) is 0. The summed E-state index contributed by atoms with van der Waals surface area (Å²) in [7, 11) is 0. The Balaban J connectivity index is 1.91. The lowest BCUT2D eigenvalue weighted by atomic mass is 10.1. The van der Waals surface area contributed by atoms with Gasteiger partial charge >= 0.3 is 0 Å². The van der Waals surface area contributed by atoms with Gasteiger partial charge in [-0.3, -0.25) is 0 Å². The highest BCUT2D eigenvalue weighted by Crippen LogP contribution is 2.27. The monoisotopic (exact) mass is 286 g/mol. The number of halogens is 2. The van der Waals surface area contributed by atoms with E-state index in [4.69, 9.17) is 16.3 Å². The van der Waals surface area contributed by atoms with Gasteiger partial charge in [0.05, 0.1) is 5.02 Å². The van der Waals surface area contributed by atoms with Crippen LogP contribution in [0.2, 0.25) is 5.02 Å². The largest absolute Gasteiger partial charge is 0.488 e. The van der Waals surface area contributed by atoms with E-state index in [0.29, 0.717) is 10.6 Å². The van der Waals surface area contributed by atoms with Crippen molar-refractivity contribution < 1.29 is 9.13 Å². The minimum atomic E-state index is -0.349. The molecule has 0 bridgehead atoms. The molecule has 0 spiro atoms. The fourth-order valence-electron chi connectivity index (χ4n) is 2.14. The van der Waals surface area contributed by atoms with Crippen LogP contribution in [-0.2, 0) is 6.61 Å². The van der Waals surface area contributed by atoms with E-state index < -0.39 is 0 Å². The first kappa shape index (κ1) is 12.9. The molecule has 0 fully saturated rings. The van der Waals surface area contributed by atoms with Crippen molar-refractivity contribution in [2.75, 3.05) is 0 Å². The molecule has 20 heavy (non-hydrogen) atoms. The Morgan fingerprint density at radius 1 is 0.900 bits per heavy atom. The van der Waals surface area contributed by atoms with E-state index in [1.165, 1.54) is 6.07 Å². The number of hydrogen-bond donors (Lipinski definition) is 0. The predicted molar refractivity (Wildman–Crippen MR) is 79.7 cm³/mol.